The highest BCUT2D eigenvalue weighted by Crippen LogP contribution is 2.23. The molecule has 0 saturated carbocycles. The molecular weight excluding hydrogens is 419 g/mol. The van der Waals surface area contributed by atoms with Crippen molar-refractivity contribution in [1.29, 1.82) is 0 Å². The van der Waals surface area contributed by atoms with Crippen LogP contribution < -0.4 is 4.90 Å². The Morgan fingerprint density at radius 2 is 1.64 bits per heavy atom. The molecule has 0 atom stereocenters. The summed E-state index contributed by atoms with van der Waals surface area (Å²) in [4.78, 5) is 35.2. The monoisotopic (exact) mass is 442 g/mol. The second kappa shape index (κ2) is 8.54. The summed E-state index contributed by atoms with van der Waals surface area (Å²) in [6.07, 6.45) is 1.75. The van der Waals surface area contributed by atoms with E-state index in [0.29, 0.717) is 43.0 Å². The maximum atomic E-state index is 14.3. The molecule has 2 aromatic carbocycles. The molecule has 0 N–H and O–H groups in total. The highest BCUT2D eigenvalue weighted by molar-refractivity contribution is 6.04. The van der Waals surface area contributed by atoms with Gasteiger partial charge in [-0.25, -0.2) is 24.3 Å². The van der Waals surface area contributed by atoms with E-state index in [1.54, 1.807) is 11.1 Å². The van der Waals surface area contributed by atoms with Gasteiger partial charge in [-0.2, -0.15) is 0 Å². The molecule has 166 valence electrons. The van der Waals surface area contributed by atoms with Gasteiger partial charge >= 0.3 is 0 Å². The Labute approximate surface area is 191 Å². The van der Waals surface area contributed by atoms with Crippen LogP contribution in [0.4, 0.5) is 10.2 Å². The molecule has 33 heavy (non-hydrogen) atoms. The zero-order valence-electron chi connectivity index (χ0n) is 18.5. The molecule has 1 aliphatic heterocycles. The van der Waals surface area contributed by atoms with E-state index in [9.17, 15) is 9.18 Å². The number of halogens is 1. The fraction of sp³-hybridized carbons (Fsp3) is 0.240. The number of hydrogen-bond donors (Lipinski definition) is 0. The maximum absolute atomic E-state index is 14.3. The molecule has 4 aromatic rings. The Bertz CT molecular complexity index is 1340. The number of fused-ring (bicyclic) bond motifs is 1. The molecule has 0 unspecified atom stereocenters. The van der Waals surface area contributed by atoms with E-state index in [1.165, 1.54) is 12.1 Å². The first-order valence-corrected chi connectivity index (χ1v) is 10.9. The molecule has 0 bridgehead atoms. The quantitative estimate of drug-likeness (QED) is 0.480. The van der Waals surface area contributed by atoms with Crippen LogP contribution >= 0.6 is 0 Å². The van der Waals surface area contributed by atoms with Gasteiger partial charge in [0, 0.05) is 44.0 Å². The zero-order chi connectivity index (χ0) is 22.9. The Morgan fingerprint density at radius 3 is 2.39 bits per heavy atom. The maximum Gasteiger partial charge on any atom is 0.256 e. The van der Waals surface area contributed by atoms with Crippen molar-refractivity contribution in [1.82, 2.24) is 24.8 Å². The summed E-state index contributed by atoms with van der Waals surface area (Å²) in [5, 5.41) is 0. The van der Waals surface area contributed by atoms with Crippen molar-refractivity contribution in [3.05, 3.63) is 77.5 Å². The van der Waals surface area contributed by atoms with Crippen molar-refractivity contribution >= 4 is 22.8 Å². The second-order valence-corrected chi connectivity index (χ2v) is 8.10. The number of aromatic nitrogens is 4. The molecule has 1 amide bonds. The molecule has 1 saturated heterocycles. The van der Waals surface area contributed by atoms with Crippen molar-refractivity contribution in [3.63, 3.8) is 0 Å². The smallest absolute Gasteiger partial charge is 0.256 e. The summed E-state index contributed by atoms with van der Waals surface area (Å²) in [5.74, 6) is 0.770. The third-order valence-electron chi connectivity index (χ3n) is 5.94. The lowest BCUT2D eigenvalue weighted by Gasteiger charge is -2.35. The van der Waals surface area contributed by atoms with Crippen LogP contribution in [0.15, 0.2) is 54.7 Å². The first-order chi connectivity index (χ1) is 16.0. The van der Waals surface area contributed by atoms with Gasteiger partial charge in [-0.05, 0) is 26.0 Å². The van der Waals surface area contributed by atoms with Crippen molar-refractivity contribution < 1.29 is 9.18 Å². The fourth-order valence-corrected chi connectivity index (χ4v) is 4.02. The summed E-state index contributed by atoms with van der Waals surface area (Å²) >= 11 is 0. The number of rotatable bonds is 3. The van der Waals surface area contributed by atoms with Gasteiger partial charge in [-0.15, -0.1) is 0 Å². The van der Waals surface area contributed by atoms with E-state index in [1.807, 2.05) is 50.2 Å². The molecule has 0 radical (unpaired) electrons. The lowest BCUT2D eigenvalue weighted by molar-refractivity contribution is 0.0748. The van der Waals surface area contributed by atoms with Crippen molar-refractivity contribution in [3.8, 4) is 11.4 Å². The molecular formula is C25H23FN6O. The summed E-state index contributed by atoms with van der Waals surface area (Å²) in [6.45, 7) is 5.90. The van der Waals surface area contributed by atoms with Gasteiger partial charge in [0.05, 0.1) is 22.5 Å². The molecule has 0 spiro atoms. The third-order valence-corrected chi connectivity index (χ3v) is 5.94. The molecule has 3 heterocycles. The summed E-state index contributed by atoms with van der Waals surface area (Å²) in [5.41, 5.74) is 3.50. The van der Waals surface area contributed by atoms with Crippen LogP contribution in [0.5, 0.6) is 0 Å². The number of piperazine rings is 1. The number of aryl methyl sites for hydroxylation is 2. The van der Waals surface area contributed by atoms with E-state index in [-0.39, 0.29) is 11.5 Å². The van der Waals surface area contributed by atoms with E-state index >= 15 is 0 Å². The van der Waals surface area contributed by atoms with Crippen LogP contribution in [0.25, 0.3) is 22.4 Å². The van der Waals surface area contributed by atoms with Gasteiger partial charge in [-0.1, -0.05) is 30.3 Å². The molecule has 2 aromatic heterocycles. The van der Waals surface area contributed by atoms with Gasteiger partial charge in [0.25, 0.3) is 5.91 Å². The fourth-order valence-electron chi connectivity index (χ4n) is 4.02. The SMILES string of the molecule is Cc1nc2cc(F)cc(C(=O)N3CCN(c4ccnc(-c5ccccc5)n4)CC3)c2nc1C. The molecule has 8 heteroatoms. The molecule has 0 aliphatic carbocycles. The topological polar surface area (TPSA) is 75.1 Å². The minimum absolute atomic E-state index is 0.232. The Hall–Kier alpha value is -3.94. The first kappa shape index (κ1) is 20.9. The number of amides is 1. The van der Waals surface area contributed by atoms with E-state index < -0.39 is 5.82 Å². The van der Waals surface area contributed by atoms with Crippen LogP contribution in [0, 0.1) is 19.7 Å². The third kappa shape index (κ3) is 4.11. The summed E-state index contributed by atoms with van der Waals surface area (Å²) < 4.78 is 14.3. The largest absolute Gasteiger partial charge is 0.353 e. The summed E-state index contributed by atoms with van der Waals surface area (Å²) in [6, 6.07) is 14.3. The lowest BCUT2D eigenvalue weighted by atomic mass is 10.1. The molecule has 5 rings (SSSR count). The van der Waals surface area contributed by atoms with Gasteiger partial charge in [0.1, 0.15) is 17.2 Å². The molecule has 1 fully saturated rings. The van der Waals surface area contributed by atoms with Gasteiger partial charge in [0.2, 0.25) is 0 Å². The normalized spacial score (nSPS) is 14.0. The minimum Gasteiger partial charge on any atom is -0.353 e. The zero-order valence-corrected chi connectivity index (χ0v) is 18.5. The molecule has 7 nitrogen and oxygen atoms in total. The predicted molar refractivity (Wildman–Crippen MR) is 125 cm³/mol. The van der Waals surface area contributed by atoms with Crippen molar-refractivity contribution in [2.45, 2.75) is 13.8 Å². The minimum atomic E-state index is -0.489. The number of benzene rings is 2. The number of anilines is 1. The lowest BCUT2D eigenvalue weighted by Crippen LogP contribution is -2.49. The highest BCUT2D eigenvalue weighted by atomic mass is 19.1. The Morgan fingerprint density at radius 1 is 0.909 bits per heavy atom. The predicted octanol–water partition coefficient (Wildman–Crippen LogP) is 3.81. The van der Waals surface area contributed by atoms with Crippen LogP contribution in [-0.4, -0.2) is 56.9 Å². The van der Waals surface area contributed by atoms with E-state index in [0.717, 1.165) is 22.8 Å². The van der Waals surface area contributed by atoms with Crippen molar-refractivity contribution in [2.75, 3.05) is 31.1 Å². The van der Waals surface area contributed by atoms with Gasteiger partial charge < -0.3 is 9.80 Å². The van der Waals surface area contributed by atoms with E-state index in [2.05, 4.69) is 19.9 Å². The molecule has 1 aliphatic rings. The average molecular weight is 442 g/mol. The first-order valence-electron chi connectivity index (χ1n) is 10.9. The standard InChI is InChI=1S/C25H23FN6O/c1-16-17(2)29-23-20(14-19(26)15-21(23)28-16)25(33)32-12-10-31(11-13-32)22-8-9-27-24(30-22)18-6-4-3-5-7-18/h3-9,14-15H,10-13H2,1-2H3. The van der Waals surface area contributed by atoms with Gasteiger partial charge in [0.15, 0.2) is 5.82 Å². The second-order valence-electron chi connectivity index (χ2n) is 8.10. The number of hydrogen-bond acceptors (Lipinski definition) is 6. The number of carbonyl (C=O) groups excluding carboxylic acids is 1. The van der Waals surface area contributed by atoms with Crippen LogP contribution in [0.1, 0.15) is 21.7 Å². The van der Waals surface area contributed by atoms with E-state index in [4.69, 9.17) is 4.98 Å². The average Bonchev–Trinajstić information content (AvgIpc) is 2.85. The van der Waals surface area contributed by atoms with Crippen LogP contribution in [0.3, 0.4) is 0 Å². The Balaban J connectivity index is 1.35. The summed E-state index contributed by atoms with van der Waals surface area (Å²) in [7, 11) is 0. The van der Waals surface area contributed by atoms with Crippen LogP contribution in [-0.2, 0) is 0 Å². The Kier molecular flexibility index (Phi) is 5.42. The van der Waals surface area contributed by atoms with Gasteiger partial charge in [-0.3, -0.25) is 4.79 Å². The van der Waals surface area contributed by atoms with Crippen molar-refractivity contribution in [2.24, 2.45) is 0 Å². The van der Waals surface area contributed by atoms with Crippen LogP contribution in [0.2, 0.25) is 0 Å². The number of carbonyl (C=O) groups is 1. The number of nitrogens with zero attached hydrogens (tertiary/aromatic N) is 6. The highest BCUT2D eigenvalue weighted by Gasteiger charge is 2.26.